The van der Waals surface area contributed by atoms with E-state index in [1.807, 2.05) is 25.3 Å². The number of aryl methyl sites for hydroxylation is 1. The van der Waals surface area contributed by atoms with Crippen LogP contribution in [0.5, 0.6) is 5.75 Å². The summed E-state index contributed by atoms with van der Waals surface area (Å²) in [5.74, 6) is 0.681. The number of carbonyl (C=O) groups is 1. The van der Waals surface area contributed by atoms with Crippen molar-refractivity contribution in [3.63, 3.8) is 0 Å². The molecule has 0 aliphatic rings. The van der Waals surface area contributed by atoms with E-state index >= 15 is 0 Å². The molecule has 0 aromatic carbocycles. The van der Waals surface area contributed by atoms with Gasteiger partial charge in [-0.25, -0.2) is 4.98 Å². The number of carbonyl (C=O) groups excluding carboxylic acids is 1. The number of pyridine rings is 1. The number of aromatic nitrogens is 2. The maximum Gasteiger partial charge on any atom is 0.180 e. The van der Waals surface area contributed by atoms with Gasteiger partial charge in [-0.05, 0) is 18.6 Å². The number of aldehydes is 1. The fraction of sp³-hybridized carbons (Fsp3) is 0.273. The molecule has 0 spiro atoms. The highest BCUT2D eigenvalue weighted by Gasteiger charge is 2.12. The second-order valence-corrected chi connectivity index (χ2v) is 3.19. The average molecular weight is 204 g/mol. The summed E-state index contributed by atoms with van der Waals surface area (Å²) in [5.41, 5.74) is 2.10. The lowest BCUT2D eigenvalue weighted by molar-refractivity contribution is 0.111. The molecule has 15 heavy (non-hydrogen) atoms. The fourth-order valence-electron chi connectivity index (χ4n) is 1.65. The molecule has 0 unspecified atom stereocenters. The van der Waals surface area contributed by atoms with Crippen LogP contribution < -0.4 is 4.74 Å². The van der Waals surface area contributed by atoms with Crippen LogP contribution in [0.2, 0.25) is 0 Å². The lowest BCUT2D eigenvalue weighted by Crippen LogP contribution is -1.94. The van der Waals surface area contributed by atoms with Gasteiger partial charge in [0.1, 0.15) is 5.69 Å². The van der Waals surface area contributed by atoms with Crippen molar-refractivity contribution < 1.29 is 9.53 Å². The quantitative estimate of drug-likeness (QED) is 0.715. The summed E-state index contributed by atoms with van der Waals surface area (Å²) in [6.45, 7) is 1.97. The number of fused-ring (bicyclic) bond motifs is 1. The van der Waals surface area contributed by atoms with Crippen molar-refractivity contribution in [3.8, 4) is 5.75 Å². The minimum absolute atomic E-state index is 0.603. The normalized spacial score (nSPS) is 10.5. The Bertz CT molecular complexity index is 503. The Morgan fingerprint density at radius 3 is 3.00 bits per heavy atom. The number of imidazole rings is 1. The van der Waals surface area contributed by atoms with Crippen molar-refractivity contribution in [2.75, 3.05) is 7.11 Å². The van der Waals surface area contributed by atoms with E-state index in [1.54, 1.807) is 11.5 Å². The summed E-state index contributed by atoms with van der Waals surface area (Å²) in [6.07, 6.45) is 3.38. The summed E-state index contributed by atoms with van der Waals surface area (Å²) in [6, 6.07) is 3.66. The molecule has 4 nitrogen and oxygen atoms in total. The zero-order valence-electron chi connectivity index (χ0n) is 8.73. The Morgan fingerprint density at radius 2 is 2.40 bits per heavy atom. The van der Waals surface area contributed by atoms with Crippen molar-refractivity contribution in [1.29, 1.82) is 0 Å². The van der Waals surface area contributed by atoms with Crippen LogP contribution in [0, 0.1) is 0 Å². The van der Waals surface area contributed by atoms with Gasteiger partial charge >= 0.3 is 0 Å². The average Bonchev–Trinajstić information content (AvgIpc) is 2.66. The Kier molecular flexibility index (Phi) is 2.41. The van der Waals surface area contributed by atoms with Crippen LogP contribution in [0.1, 0.15) is 23.1 Å². The molecule has 0 aliphatic heterocycles. The Hall–Kier alpha value is -1.84. The third kappa shape index (κ3) is 1.38. The lowest BCUT2D eigenvalue weighted by atomic mass is 10.3. The fourth-order valence-corrected chi connectivity index (χ4v) is 1.65. The van der Waals surface area contributed by atoms with Crippen molar-refractivity contribution in [2.24, 2.45) is 0 Å². The number of rotatable bonds is 3. The number of nitrogens with zero attached hydrogens (tertiary/aromatic N) is 2. The first-order valence-electron chi connectivity index (χ1n) is 4.81. The van der Waals surface area contributed by atoms with Crippen molar-refractivity contribution >= 4 is 11.9 Å². The molecule has 0 radical (unpaired) electrons. The Morgan fingerprint density at radius 1 is 1.60 bits per heavy atom. The highest BCUT2D eigenvalue weighted by molar-refractivity contribution is 5.77. The Labute approximate surface area is 87.5 Å². The summed E-state index contributed by atoms with van der Waals surface area (Å²) >= 11 is 0. The summed E-state index contributed by atoms with van der Waals surface area (Å²) in [7, 11) is 1.59. The summed E-state index contributed by atoms with van der Waals surface area (Å²) in [5, 5.41) is 0. The van der Waals surface area contributed by atoms with Crippen LogP contribution in [0.15, 0.2) is 18.3 Å². The van der Waals surface area contributed by atoms with E-state index in [2.05, 4.69) is 4.98 Å². The van der Waals surface area contributed by atoms with E-state index in [0.717, 1.165) is 18.4 Å². The van der Waals surface area contributed by atoms with Gasteiger partial charge in [-0.1, -0.05) is 6.92 Å². The van der Waals surface area contributed by atoms with Crippen LogP contribution in [-0.2, 0) is 6.42 Å². The summed E-state index contributed by atoms with van der Waals surface area (Å²) in [4.78, 5) is 15.3. The van der Waals surface area contributed by atoms with Gasteiger partial charge in [0.2, 0.25) is 0 Å². The number of hydrogen-bond acceptors (Lipinski definition) is 3. The van der Waals surface area contributed by atoms with Gasteiger partial charge in [0.15, 0.2) is 17.7 Å². The van der Waals surface area contributed by atoms with Crippen molar-refractivity contribution in [3.05, 3.63) is 29.7 Å². The second kappa shape index (κ2) is 3.73. The monoisotopic (exact) mass is 204 g/mol. The number of hydrogen-bond donors (Lipinski definition) is 0. The molecular weight excluding hydrogens is 192 g/mol. The minimum Gasteiger partial charge on any atom is -0.493 e. The van der Waals surface area contributed by atoms with Crippen LogP contribution in [0.3, 0.4) is 0 Å². The standard InChI is InChI=1S/C11H12N2O2/c1-3-8-9(7-14)13-6-4-5-10(15-2)11(13)12-8/h4-7H,3H2,1-2H3. The maximum atomic E-state index is 11.0. The van der Waals surface area contributed by atoms with E-state index in [9.17, 15) is 4.79 Å². The predicted octanol–water partition coefficient (Wildman–Crippen LogP) is 1.72. The van der Waals surface area contributed by atoms with Crippen LogP contribution in [-0.4, -0.2) is 22.8 Å². The third-order valence-electron chi connectivity index (χ3n) is 2.39. The highest BCUT2D eigenvalue weighted by Crippen LogP contribution is 2.21. The van der Waals surface area contributed by atoms with Gasteiger partial charge in [-0.15, -0.1) is 0 Å². The molecule has 0 aliphatic carbocycles. The molecule has 2 rings (SSSR count). The third-order valence-corrected chi connectivity index (χ3v) is 2.39. The van der Waals surface area contributed by atoms with Gasteiger partial charge in [0, 0.05) is 6.20 Å². The van der Waals surface area contributed by atoms with Gasteiger partial charge in [-0.3, -0.25) is 9.20 Å². The van der Waals surface area contributed by atoms with Crippen LogP contribution in [0.4, 0.5) is 0 Å². The van der Waals surface area contributed by atoms with Gasteiger partial charge in [0.05, 0.1) is 12.8 Å². The molecule has 78 valence electrons. The summed E-state index contributed by atoms with van der Waals surface area (Å²) < 4.78 is 6.94. The molecule has 2 aromatic heterocycles. The molecule has 0 bridgehead atoms. The molecule has 0 N–H and O–H groups in total. The molecule has 2 aromatic rings. The smallest absolute Gasteiger partial charge is 0.180 e. The highest BCUT2D eigenvalue weighted by atomic mass is 16.5. The van der Waals surface area contributed by atoms with Gasteiger partial charge < -0.3 is 4.74 Å². The molecular formula is C11H12N2O2. The first-order chi connectivity index (χ1) is 7.31. The molecule has 0 amide bonds. The van der Waals surface area contributed by atoms with Gasteiger partial charge in [-0.2, -0.15) is 0 Å². The topological polar surface area (TPSA) is 43.6 Å². The van der Waals surface area contributed by atoms with E-state index in [4.69, 9.17) is 4.74 Å². The maximum absolute atomic E-state index is 11.0. The van der Waals surface area contributed by atoms with E-state index in [-0.39, 0.29) is 0 Å². The first-order valence-corrected chi connectivity index (χ1v) is 4.81. The van der Waals surface area contributed by atoms with E-state index in [0.29, 0.717) is 17.1 Å². The number of methoxy groups -OCH3 is 1. The second-order valence-electron chi connectivity index (χ2n) is 3.19. The molecule has 4 heteroatoms. The van der Waals surface area contributed by atoms with E-state index in [1.165, 1.54) is 0 Å². The van der Waals surface area contributed by atoms with Crippen LogP contribution >= 0.6 is 0 Å². The SMILES string of the molecule is CCc1nc2c(OC)cccn2c1C=O. The van der Waals surface area contributed by atoms with Crippen molar-refractivity contribution in [1.82, 2.24) is 9.38 Å². The zero-order chi connectivity index (χ0) is 10.8. The lowest BCUT2D eigenvalue weighted by Gasteiger charge is -2.01. The van der Waals surface area contributed by atoms with Gasteiger partial charge in [0.25, 0.3) is 0 Å². The minimum atomic E-state index is 0.603. The predicted molar refractivity (Wildman–Crippen MR) is 56.5 cm³/mol. The number of ether oxygens (including phenoxy) is 1. The molecule has 0 saturated carbocycles. The Balaban J connectivity index is 2.80. The zero-order valence-corrected chi connectivity index (χ0v) is 8.73. The molecule has 0 saturated heterocycles. The molecule has 0 atom stereocenters. The van der Waals surface area contributed by atoms with E-state index < -0.39 is 0 Å². The largest absolute Gasteiger partial charge is 0.493 e. The van der Waals surface area contributed by atoms with Crippen LogP contribution in [0.25, 0.3) is 5.65 Å². The molecule has 2 heterocycles. The van der Waals surface area contributed by atoms with Crippen molar-refractivity contribution in [2.45, 2.75) is 13.3 Å². The molecule has 0 fully saturated rings. The first kappa shape index (κ1) is 9.71.